The molecule has 0 unspecified atom stereocenters. The predicted molar refractivity (Wildman–Crippen MR) is 76.2 cm³/mol. The van der Waals surface area contributed by atoms with E-state index in [0.717, 1.165) is 5.56 Å². The summed E-state index contributed by atoms with van der Waals surface area (Å²) in [4.78, 5) is 22.9. The molecule has 1 heterocycles. The molecule has 0 saturated heterocycles. The first-order valence-corrected chi connectivity index (χ1v) is 6.29. The number of rotatable bonds is 4. The van der Waals surface area contributed by atoms with Crippen LogP contribution >= 0.6 is 11.6 Å². The quantitative estimate of drug-likeness (QED) is 0.910. The van der Waals surface area contributed by atoms with E-state index in [9.17, 15) is 9.59 Å². The molecule has 1 aromatic heterocycles. The predicted octanol–water partition coefficient (Wildman–Crippen LogP) is 2.79. The Hall–Kier alpha value is -2.27. The van der Waals surface area contributed by atoms with Crippen molar-refractivity contribution in [2.45, 2.75) is 13.5 Å². The number of anilines is 1. The van der Waals surface area contributed by atoms with Crippen molar-refractivity contribution in [3.63, 3.8) is 0 Å². The lowest BCUT2D eigenvalue weighted by Crippen LogP contribution is -2.21. The van der Waals surface area contributed by atoms with Crippen LogP contribution in [0, 0.1) is 6.92 Å². The maximum Gasteiger partial charge on any atom is 0.352 e. The Morgan fingerprint density at radius 1 is 1.35 bits per heavy atom. The number of carboxylic acids is 1. The van der Waals surface area contributed by atoms with Gasteiger partial charge < -0.3 is 15.0 Å². The second-order valence-corrected chi connectivity index (χ2v) is 4.77. The number of carbonyl (C=O) groups excluding carboxylic acids is 1. The van der Waals surface area contributed by atoms with Crippen LogP contribution in [0.2, 0.25) is 5.02 Å². The number of nitrogens with one attached hydrogen (secondary N) is 1. The first kappa shape index (κ1) is 14.1. The Bertz CT molecular complexity index is 664. The number of hydrogen-bond donors (Lipinski definition) is 2. The van der Waals surface area contributed by atoms with E-state index >= 15 is 0 Å². The normalized spacial score (nSPS) is 10.3. The van der Waals surface area contributed by atoms with E-state index in [2.05, 4.69) is 5.32 Å². The van der Waals surface area contributed by atoms with Crippen molar-refractivity contribution in [3.8, 4) is 0 Å². The van der Waals surface area contributed by atoms with Crippen LogP contribution in [0.15, 0.2) is 36.5 Å². The second-order valence-electron chi connectivity index (χ2n) is 4.36. The molecule has 0 spiro atoms. The molecule has 0 atom stereocenters. The minimum absolute atomic E-state index is 0.0653. The molecule has 0 aliphatic rings. The molecule has 0 saturated carbocycles. The average Bonchev–Trinajstić information content (AvgIpc) is 2.82. The van der Waals surface area contributed by atoms with E-state index < -0.39 is 5.97 Å². The molecule has 6 heteroatoms. The highest BCUT2D eigenvalue weighted by Gasteiger charge is 2.12. The number of benzene rings is 1. The summed E-state index contributed by atoms with van der Waals surface area (Å²) in [7, 11) is 0. The van der Waals surface area contributed by atoms with Gasteiger partial charge in [0.15, 0.2) is 0 Å². The summed E-state index contributed by atoms with van der Waals surface area (Å²) in [6, 6.07) is 8.32. The number of carbonyl (C=O) groups is 2. The SMILES string of the molecule is Cc1ccc(Cl)c(NC(=O)Cn2cccc2C(=O)O)c1. The summed E-state index contributed by atoms with van der Waals surface area (Å²) in [5.41, 5.74) is 1.55. The molecule has 20 heavy (non-hydrogen) atoms. The lowest BCUT2D eigenvalue weighted by atomic mass is 10.2. The minimum Gasteiger partial charge on any atom is -0.477 e. The summed E-state index contributed by atoms with van der Waals surface area (Å²) in [6.07, 6.45) is 1.54. The van der Waals surface area contributed by atoms with Gasteiger partial charge in [0, 0.05) is 6.20 Å². The molecule has 2 N–H and O–H groups in total. The molecule has 5 nitrogen and oxygen atoms in total. The number of amides is 1. The van der Waals surface area contributed by atoms with Crippen LogP contribution in [0.5, 0.6) is 0 Å². The number of aromatic carboxylic acids is 1. The molecule has 0 radical (unpaired) electrons. The van der Waals surface area contributed by atoms with Gasteiger partial charge >= 0.3 is 5.97 Å². The van der Waals surface area contributed by atoms with Gasteiger partial charge in [0.1, 0.15) is 12.2 Å². The standard InChI is InChI=1S/C14H13ClN2O3/c1-9-4-5-10(15)11(7-9)16-13(18)8-17-6-2-3-12(17)14(19)20/h2-7H,8H2,1H3,(H,16,18)(H,19,20). The van der Waals surface area contributed by atoms with Gasteiger partial charge in [-0.15, -0.1) is 0 Å². The van der Waals surface area contributed by atoms with Crippen LogP contribution in [0.3, 0.4) is 0 Å². The summed E-state index contributed by atoms with van der Waals surface area (Å²) in [5.74, 6) is -1.41. The minimum atomic E-state index is -1.07. The van der Waals surface area contributed by atoms with Gasteiger partial charge in [0.2, 0.25) is 5.91 Å². The highest BCUT2D eigenvalue weighted by Crippen LogP contribution is 2.22. The van der Waals surface area contributed by atoms with Gasteiger partial charge in [-0.2, -0.15) is 0 Å². The van der Waals surface area contributed by atoms with Crippen molar-refractivity contribution in [1.82, 2.24) is 4.57 Å². The van der Waals surface area contributed by atoms with E-state index in [1.807, 2.05) is 13.0 Å². The Morgan fingerprint density at radius 3 is 2.80 bits per heavy atom. The molecule has 2 aromatic rings. The zero-order chi connectivity index (χ0) is 14.7. The Balaban J connectivity index is 2.11. The molecule has 104 valence electrons. The zero-order valence-corrected chi connectivity index (χ0v) is 11.5. The molecule has 1 amide bonds. The molecular formula is C14H13ClN2O3. The van der Waals surface area contributed by atoms with E-state index in [1.54, 1.807) is 24.4 Å². The Labute approximate surface area is 120 Å². The lowest BCUT2D eigenvalue weighted by Gasteiger charge is -2.10. The van der Waals surface area contributed by atoms with Crippen molar-refractivity contribution in [2.24, 2.45) is 0 Å². The van der Waals surface area contributed by atoms with E-state index in [1.165, 1.54) is 10.6 Å². The second kappa shape index (κ2) is 5.79. The Kier molecular flexibility index (Phi) is 4.10. The van der Waals surface area contributed by atoms with Crippen molar-refractivity contribution in [2.75, 3.05) is 5.32 Å². The first-order valence-electron chi connectivity index (χ1n) is 5.92. The third-order valence-electron chi connectivity index (χ3n) is 2.76. The van der Waals surface area contributed by atoms with E-state index in [-0.39, 0.29) is 18.1 Å². The molecule has 1 aromatic carbocycles. The van der Waals surface area contributed by atoms with Crippen LogP contribution in [0.25, 0.3) is 0 Å². The van der Waals surface area contributed by atoms with Gasteiger partial charge in [-0.25, -0.2) is 4.79 Å². The van der Waals surface area contributed by atoms with Crippen LogP contribution in [-0.4, -0.2) is 21.6 Å². The summed E-state index contributed by atoms with van der Waals surface area (Å²) in [6.45, 7) is 1.80. The molecular weight excluding hydrogens is 280 g/mol. The van der Waals surface area contributed by atoms with E-state index in [0.29, 0.717) is 10.7 Å². The Morgan fingerprint density at radius 2 is 2.10 bits per heavy atom. The van der Waals surface area contributed by atoms with Gasteiger partial charge in [-0.3, -0.25) is 4.79 Å². The molecule has 0 fully saturated rings. The lowest BCUT2D eigenvalue weighted by molar-refractivity contribution is -0.116. The summed E-state index contributed by atoms with van der Waals surface area (Å²) in [5, 5.41) is 12.1. The third kappa shape index (κ3) is 3.19. The van der Waals surface area contributed by atoms with E-state index in [4.69, 9.17) is 16.7 Å². The first-order chi connectivity index (χ1) is 9.47. The van der Waals surface area contributed by atoms with Gasteiger partial charge in [-0.05, 0) is 36.8 Å². The molecule has 0 aliphatic carbocycles. The zero-order valence-electron chi connectivity index (χ0n) is 10.8. The van der Waals surface area contributed by atoms with Gasteiger partial charge in [0.05, 0.1) is 10.7 Å². The highest BCUT2D eigenvalue weighted by molar-refractivity contribution is 6.33. The number of nitrogens with zero attached hydrogens (tertiary/aromatic N) is 1. The fraction of sp³-hybridized carbons (Fsp3) is 0.143. The largest absolute Gasteiger partial charge is 0.477 e. The van der Waals surface area contributed by atoms with Gasteiger partial charge in [-0.1, -0.05) is 17.7 Å². The fourth-order valence-electron chi connectivity index (χ4n) is 1.83. The molecule has 0 bridgehead atoms. The topological polar surface area (TPSA) is 71.3 Å². The molecule has 0 aliphatic heterocycles. The maximum absolute atomic E-state index is 11.9. The number of aromatic nitrogens is 1. The van der Waals surface area contributed by atoms with Crippen molar-refractivity contribution >= 4 is 29.2 Å². The number of hydrogen-bond acceptors (Lipinski definition) is 2. The van der Waals surface area contributed by atoms with Crippen LogP contribution < -0.4 is 5.32 Å². The average molecular weight is 293 g/mol. The van der Waals surface area contributed by atoms with Crippen molar-refractivity contribution in [1.29, 1.82) is 0 Å². The smallest absolute Gasteiger partial charge is 0.352 e. The van der Waals surface area contributed by atoms with Crippen LogP contribution in [-0.2, 0) is 11.3 Å². The van der Waals surface area contributed by atoms with Crippen molar-refractivity contribution < 1.29 is 14.7 Å². The highest BCUT2D eigenvalue weighted by atomic mass is 35.5. The third-order valence-corrected chi connectivity index (χ3v) is 3.09. The number of carboxylic acid groups (broad SMARTS) is 1. The monoisotopic (exact) mass is 292 g/mol. The summed E-state index contributed by atoms with van der Waals surface area (Å²) >= 11 is 5.99. The van der Waals surface area contributed by atoms with Crippen LogP contribution in [0.4, 0.5) is 5.69 Å². The number of halogens is 1. The number of aryl methyl sites for hydroxylation is 1. The fourth-order valence-corrected chi connectivity index (χ4v) is 1.99. The maximum atomic E-state index is 11.9. The van der Waals surface area contributed by atoms with Crippen LogP contribution in [0.1, 0.15) is 16.1 Å². The van der Waals surface area contributed by atoms with Crippen molar-refractivity contribution in [3.05, 3.63) is 52.8 Å². The molecule has 2 rings (SSSR count). The summed E-state index contributed by atoms with van der Waals surface area (Å²) < 4.78 is 1.36. The van der Waals surface area contributed by atoms with Gasteiger partial charge in [0.25, 0.3) is 0 Å².